The number of rotatable bonds is 4. The van der Waals surface area contributed by atoms with Gasteiger partial charge in [0.25, 0.3) is 0 Å². The van der Waals surface area contributed by atoms with Gasteiger partial charge in [-0.25, -0.2) is 0 Å². The number of piperidine rings is 1. The van der Waals surface area contributed by atoms with Crippen molar-refractivity contribution in [2.24, 2.45) is 5.92 Å². The Balaban J connectivity index is 2.01. The fourth-order valence-electron chi connectivity index (χ4n) is 3.47. The van der Waals surface area contributed by atoms with E-state index in [-0.39, 0.29) is 0 Å². The number of hydrogen-bond acceptors (Lipinski definition) is 2. The van der Waals surface area contributed by atoms with Crippen molar-refractivity contribution in [3.63, 3.8) is 0 Å². The predicted molar refractivity (Wildman–Crippen MR) is 89.4 cm³/mol. The summed E-state index contributed by atoms with van der Waals surface area (Å²) in [4.78, 5) is 5.76. The average Bonchev–Trinajstić information content (AvgIpc) is 2.47. The molecule has 2 heterocycles. The SMILES string of the molecule is CC(C)C[C@](C)(O)C#CC[NH+]1CCCC[C@@H]1c1cccnc1. The van der Waals surface area contributed by atoms with Gasteiger partial charge < -0.3 is 10.0 Å². The Labute approximate surface area is 134 Å². The first kappa shape index (κ1) is 17.0. The first-order chi connectivity index (χ1) is 10.5. The van der Waals surface area contributed by atoms with Crippen LogP contribution in [0.5, 0.6) is 0 Å². The number of nitrogens with one attached hydrogen (secondary N) is 1. The fraction of sp³-hybridized carbons (Fsp3) is 0.632. The zero-order chi connectivity index (χ0) is 16.0. The zero-order valence-electron chi connectivity index (χ0n) is 14.1. The Morgan fingerprint density at radius 1 is 1.45 bits per heavy atom. The van der Waals surface area contributed by atoms with Gasteiger partial charge in [-0.15, -0.1) is 0 Å². The van der Waals surface area contributed by atoms with Crippen molar-refractivity contribution in [1.29, 1.82) is 0 Å². The number of likely N-dealkylation sites (tertiary alicyclic amines) is 1. The van der Waals surface area contributed by atoms with Crippen molar-refractivity contribution in [2.75, 3.05) is 13.1 Å². The monoisotopic (exact) mass is 301 g/mol. The molecule has 1 saturated heterocycles. The first-order valence-corrected chi connectivity index (χ1v) is 8.45. The molecule has 1 unspecified atom stereocenters. The van der Waals surface area contributed by atoms with Crippen LogP contribution in [0.25, 0.3) is 0 Å². The largest absolute Gasteiger partial charge is 0.378 e. The second-order valence-electron chi connectivity index (χ2n) is 7.09. The van der Waals surface area contributed by atoms with Crippen LogP contribution in [0, 0.1) is 17.8 Å². The van der Waals surface area contributed by atoms with E-state index in [2.05, 4.69) is 36.7 Å². The van der Waals surface area contributed by atoms with Crippen molar-refractivity contribution >= 4 is 0 Å². The van der Waals surface area contributed by atoms with Gasteiger partial charge in [0.05, 0.1) is 6.54 Å². The average molecular weight is 301 g/mol. The Morgan fingerprint density at radius 2 is 2.27 bits per heavy atom. The topological polar surface area (TPSA) is 37.6 Å². The molecule has 22 heavy (non-hydrogen) atoms. The highest BCUT2D eigenvalue weighted by Crippen LogP contribution is 2.18. The second kappa shape index (κ2) is 7.76. The number of hydrogen-bond donors (Lipinski definition) is 2. The third-order valence-electron chi connectivity index (χ3n) is 4.30. The normalized spacial score (nSPS) is 24.4. The molecule has 2 N–H and O–H groups in total. The molecule has 1 fully saturated rings. The molecular formula is C19H29N2O+. The Kier molecular flexibility index (Phi) is 5.99. The highest BCUT2D eigenvalue weighted by Gasteiger charge is 2.27. The molecule has 0 saturated carbocycles. The van der Waals surface area contributed by atoms with Gasteiger partial charge in [0.1, 0.15) is 18.2 Å². The smallest absolute Gasteiger partial charge is 0.139 e. The van der Waals surface area contributed by atoms with Gasteiger partial charge in [0.2, 0.25) is 0 Å². The van der Waals surface area contributed by atoms with E-state index in [0.717, 1.165) is 19.5 Å². The van der Waals surface area contributed by atoms with Crippen molar-refractivity contribution in [3.8, 4) is 11.8 Å². The molecular weight excluding hydrogens is 272 g/mol. The molecule has 3 atom stereocenters. The van der Waals surface area contributed by atoms with Crippen LogP contribution in [0.1, 0.15) is 58.1 Å². The molecule has 0 bridgehead atoms. The lowest BCUT2D eigenvalue weighted by Crippen LogP contribution is -3.13. The Bertz CT molecular complexity index is 513. The summed E-state index contributed by atoms with van der Waals surface area (Å²) in [5.74, 6) is 6.78. The van der Waals surface area contributed by atoms with Crippen molar-refractivity contribution < 1.29 is 10.0 Å². The molecule has 3 nitrogen and oxygen atoms in total. The lowest BCUT2D eigenvalue weighted by Gasteiger charge is -2.31. The third kappa shape index (κ3) is 5.12. The molecule has 120 valence electrons. The van der Waals surface area contributed by atoms with Crippen LogP contribution in [-0.4, -0.2) is 28.8 Å². The quantitative estimate of drug-likeness (QED) is 0.835. The third-order valence-corrected chi connectivity index (χ3v) is 4.30. The van der Waals surface area contributed by atoms with Crippen LogP contribution in [0.4, 0.5) is 0 Å². The van der Waals surface area contributed by atoms with E-state index in [1.807, 2.05) is 25.4 Å². The van der Waals surface area contributed by atoms with Gasteiger partial charge >= 0.3 is 0 Å². The lowest BCUT2D eigenvalue weighted by molar-refractivity contribution is -0.930. The van der Waals surface area contributed by atoms with E-state index in [4.69, 9.17) is 0 Å². The molecule has 0 aromatic carbocycles. The van der Waals surface area contributed by atoms with Gasteiger partial charge in [-0.05, 0) is 44.1 Å². The molecule has 3 heteroatoms. The van der Waals surface area contributed by atoms with Gasteiger partial charge in [0.15, 0.2) is 0 Å². The molecule has 1 aromatic heterocycles. The van der Waals surface area contributed by atoms with Crippen LogP contribution in [0.15, 0.2) is 24.5 Å². The van der Waals surface area contributed by atoms with E-state index in [0.29, 0.717) is 12.0 Å². The summed E-state index contributed by atoms with van der Waals surface area (Å²) >= 11 is 0. The van der Waals surface area contributed by atoms with Crippen molar-refractivity contribution in [1.82, 2.24) is 4.98 Å². The van der Waals surface area contributed by atoms with Gasteiger partial charge in [-0.3, -0.25) is 4.98 Å². The minimum atomic E-state index is -0.868. The molecule has 2 rings (SSSR count). The molecule has 0 aliphatic carbocycles. The summed E-state index contributed by atoms with van der Waals surface area (Å²) in [6.07, 6.45) is 8.28. The maximum atomic E-state index is 10.3. The van der Waals surface area contributed by atoms with Crippen molar-refractivity contribution in [2.45, 2.75) is 58.1 Å². The highest BCUT2D eigenvalue weighted by molar-refractivity contribution is 5.14. The number of aromatic nitrogens is 1. The Morgan fingerprint density at radius 3 is 2.95 bits per heavy atom. The molecule has 1 aromatic rings. The lowest BCUT2D eigenvalue weighted by atomic mass is 9.94. The van der Waals surface area contributed by atoms with E-state index in [1.165, 1.54) is 29.7 Å². The van der Waals surface area contributed by atoms with Crippen LogP contribution >= 0.6 is 0 Å². The highest BCUT2D eigenvalue weighted by atomic mass is 16.3. The summed E-state index contributed by atoms with van der Waals surface area (Å²) < 4.78 is 0. The minimum Gasteiger partial charge on any atom is -0.378 e. The zero-order valence-corrected chi connectivity index (χ0v) is 14.1. The standard InChI is InChI=1S/C19H28N2O/c1-16(2)14-19(3,22)10-7-13-21-12-5-4-9-18(21)17-8-6-11-20-15-17/h6,8,11,15-16,18,22H,4-5,9,12-14H2,1-3H3/p+1/t18-,19-/m1/s1. The maximum Gasteiger partial charge on any atom is 0.139 e. The van der Waals surface area contributed by atoms with E-state index < -0.39 is 5.60 Å². The number of pyridine rings is 1. The van der Waals surface area contributed by atoms with Gasteiger partial charge in [-0.1, -0.05) is 25.8 Å². The van der Waals surface area contributed by atoms with Crippen LogP contribution in [0.2, 0.25) is 0 Å². The van der Waals surface area contributed by atoms with E-state index >= 15 is 0 Å². The minimum absolute atomic E-state index is 0.453. The molecule has 1 aliphatic rings. The van der Waals surface area contributed by atoms with Crippen molar-refractivity contribution in [3.05, 3.63) is 30.1 Å². The van der Waals surface area contributed by atoms with E-state index in [1.54, 1.807) is 0 Å². The van der Waals surface area contributed by atoms with Gasteiger partial charge in [-0.2, -0.15) is 0 Å². The molecule has 0 amide bonds. The summed E-state index contributed by atoms with van der Waals surface area (Å²) in [5, 5.41) is 10.3. The first-order valence-electron chi connectivity index (χ1n) is 8.45. The van der Waals surface area contributed by atoms with E-state index in [9.17, 15) is 5.11 Å². The van der Waals surface area contributed by atoms with Crippen LogP contribution in [0.3, 0.4) is 0 Å². The molecule has 1 aliphatic heterocycles. The fourth-order valence-corrected chi connectivity index (χ4v) is 3.47. The summed E-state index contributed by atoms with van der Waals surface area (Å²) in [6.45, 7) is 8.01. The summed E-state index contributed by atoms with van der Waals surface area (Å²) in [5.41, 5.74) is 0.445. The Hall–Kier alpha value is -1.37. The number of aliphatic hydroxyl groups is 1. The molecule has 0 radical (unpaired) electrons. The maximum absolute atomic E-state index is 10.3. The summed E-state index contributed by atoms with van der Waals surface area (Å²) in [7, 11) is 0. The number of nitrogens with zero attached hydrogens (tertiary/aromatic N) is 1. The summed E-state index contributed by atoms with van der Waals surface area (Å²) in [6, 6.07) is 4.68. The number of quaternary nitrogens is 1. The van der Waals surface area contributed by atoms with Crippen LogP contribution < -0.4 is 4.90 Å². The molecule has 0 spiro atoms. The predicted octanol–water partition coefficient (Wildman–Crippen LogP) is 1.99. The van der Waals surface area contributed by atoms with Gasteiger partial charge in [0, 0.05) is 24.4 Å². The second-order valence-corrected chi connectivity index (χ2v) is 7.09. The van der Waals surface area contributed by atoms with Crippen LogP contribution in [-0.2, 0) is 0 Å².